The van der Waals surface area contributed by atoms with E-state index in [9.17, 15) is 9.90 Å². The van der Waals surface area contributed by atoms with Crippen molar-refractivity contribution in [1.82, 2.24) is 16.1 Å². The molecule has 3 N–H and O–H groups in total. The maximum absolute atomic E-state index is 11.4. The number of hydrogen-bond acceptors (Lipinski definition) is 6. The lowest BCUT2D eigenvalue weighted by molar-refractivity contribution is -0.137. The molecule has 0 saturated heterocycles. The Labute approximate surface area is 195 Å². The summed E-state index contributed by atoms with van der Waals surface area (Å²) in [5.74, 6) is 0.144. The Morgan fingerprint density at radius 2 is 1.76 bits per heavy atom. The number of amidine groups is 1. The smallest absolute Gasteiger partial charge is 0.304 e. The van der Waals surface area contributed by atoms with Crippen LogP contribution in [0.4, 0.5) is 0 Å². The highest BCUT2D eigenvalue weighted by atomic mass is 16.5. The monoisotopic (exact) mass is 450 g/mol. The minimum Gasteiger partial charge on any atom is -0.489 e. The number of hydrazone groups is 1. The highest BCUT2D eigenvalue weighted by Gasteiger charge is 2.37. The molecule has 2 aromatic rings. The minimum absolute atomic E-state index is 0.0476. The zero-order valence-electron chi connectivity index (χ0n) is 20.1. The third kappa shape index (κ3) is 4.83. The number of nitrogens with zero attached hydrogens (tertiary/aromatic N) is 2. The average molecular weight is 451 g/mol. The second kappa shape index (κ2) is 8.71. The highest BCUT2D eigenvalue weighted by Crippen LogP contribution is 2.46. The van der Waals surface area contributed by atoms with E-state index in [1.807, 2.05) is 24.3 Å². The van der Waals surface area contributed by atoms with Crippen molar-refractivity contribution in [2.75, 3.05) is 7.05 Å². The molecule has 0 spiro atoms. The van der Waals surface area contributed by atoms with Gasteiger partial charge >= 0.3 is 5.97 Å². The number of carbonyl (C=O) groups is 1. The van der Waals surface area contributed by atoms with E-state index in [1.165, 1.54) is 24.0 Å². The summed E-state index contributed by atoms with van der Waals surface area (Å²) in [6.45, 7) is 9.81. The summed E-state index contributed by atoms with van der Waals surface area (Å²) in [5.41, 5.74) is 10.8. The van der Waals surface area contributed by atoms with Crippen LogP contribution in [0.15, 0.2) is 47.6 Å². The van der Waals surface area contributed by atoms with E-state index < -0.39 is 5.97 Å². The highest BCUT2D eigenvalue weighted by molar-refractivity contribution is 5.92. The van der Waals surface area contributed by atoms with Gasteiger partial charge in [-0.1, -0.05) is 58.0 Å². The third-order valence-corrected chi connectivity index (χ3v) is 7.03. The van der Waals surface area contributed by atoms with E-state index in [-0.39, 0.29) is 23.2 Å². The normalized spacial score (nSPS) is 19.3. The Morgan fingerprint density at radius 1 is 1.09 bits per heavy atom. The number of aliphatic carboxylic acids is 1. The van der Waals surface area contributed by atoms with Crippen LogP contribution in [0.1, 0.15) is 75.1 Å². The average Bonchev–Trinajstić information content (AvgIpc) is 3.20. The van der Waals surface area contributed by atoms with Gasteiger partial charge in [-0.15, -0.1) is 10.6 Å². The van der Waals surface area contributed by atoms with Gasteiger partial charge in [0, 0.05) is 7.05 Å². The topological polar surface area (TPSA) is 86.2 Å². The molecule has 7 nitrogen and oxygen atoms in total. The van der Waals surface area contributed by atoms with Crippen molar-refractivity contribution in [1.29, 1.82) is 0 Å². The molecule has 7 heteroatoms. The molecule has 0 amide bonds. The largest absolute Gasteiger partial charge is 0.489 e. The lowest BCUT2D eigenvalue weighted by Gasteiger charge is -2.42. The van der Waals surface area contributed by atoms with Gasteiger partial charge in [0.15, 0.2) is 0 Å². The van der Waals surface area contributed by atoms with Crippen LogP contribution in [-0.2, 0) is 22.2 Å². The van der Waals surface area contributed by atoms with Crippen LogP contribution in [0.3, 0.4) is 0 Å². The van der Waals surface area contributed by atoms with Crippen molar-refractivity contribution >= 4 is 11.8 Å². The molecular formula is C26H34N4O3. The summed E-state index contributed by atoms with van der Waals surface area (Å²) in [7, 11) is 1.80. The van der Waals surface area contributed by atoms with Gasteiger partial charge in [-0.05, 0) is 58.1 Å². The lowest BCUT2D eigenvalue weighted by Crippen LogP contribution is -2.39. The zero-order chi connectivity index (χ0) is 23.8. The summed E-state index contributed by atoms with van der Waals surface area (Å²) in [6, 6.07) is 14.4. The van der Waals surface area contributed by atoms with Crippen LogP contribution in [0, 0.1) is 0 Å². The van der Waals surface area contributed by atoms with E-state index in [4.69, 9.17) is 4.74 Å². The molecule has 0 saturated carbocycles. The molecule has 1 aliphatic carbocycles. The Hall–Kier alpha value is -3.06. The Morgan fingerprint density at radius 3 is 2.36 bits per heavy atom. The molecule has 1 atom stereocenters. The van der Waals surface area contributed by atoms with Crippen molar-refractivity contribution in [3.05, 3.63) is 64.7 Å². The number of fused-ring (bicyclic) bond motifs is 1. The molecule has 1 aliphatic heterocycles. The van der Waals surface area contributed by atoms with Gasteiger partial charge in [0.2, 0.25) is 0 Å². The molecule has 4 rings (SSSR count). The minimum atomic E-state index is -0.873. The number of hydrogen-bond donors (Lipinski definition) is 3. The fraction of sp³-hybridized carbons (Fsp3) is 0.462. The fourth-order valence-corrected chi connectivity index (χ4v) is 4.82. The summed E-state index contributed by atoms with van der Waals surface area (Å²) >= 11 is 0. The van der Waals surface area contributed by atoms with Gasteiger partial charge in [-0.3, -0.25) is 9.80 Å². The molecule has 33 heavy (non-hydrogen) atoms. The number of hydrazine groups is 2. The van der Waals surface area contributed by atoms with Crippen molar-refractivity contribution < 1.29 is 14.6 Å². The molecule has 0 bridgehead atoms. The molecule has 0 aromatic heterocycles. The van der Waals surface area contributed by atoms with Crippen LogP contribution >= 0.6 is 0 Å². The first-order chi connectivity index (χ1) is 15.6. The molecule has 0 unspecified atom stereocenters. The zero-order valence-corrected chi connectivity index (χ0v) is 20.1. The van der Waals surface area contributed by atoms with Gasteiger partial charge in [0.05, 0.1) is 12.3 Å². The molecule has 176 valence electrons. The van der Waals surface area contributed by atoms with E-state index >= 15 is 0 Å². The molecule has 2 aromatic carbocycles. The quantitative estimate of drug-likeness (QED) is 0.578. The molecular weight excluding hydrogens is 416 g/mol. The maximum Gasteiger partial charge on any atom is 0.304 e. The lowest BCUT2D eigenvalue weighted by atomic mass is 9.63. The van der Waals surface area contributed by atoms with Crippen molar-refractivity contribution in [3.8, 4) is 5.75 Å². The number of ether oxygens (including phenoxy) is 1. The first-order valence-electron chi connectivity index (χ1n) is 11.5. The first kappa shape index (κ1) is 23.1. The van der Waals surface area contributed by atoms with E-state index in [1.54, 1.807) is 12.1 Å². The second-order valence-electron chi connectivity index (χ2n) is 10.4. The Balaban J connectivity index is 1.48. The number of likely N-dealkylation sites (N-methyl/N-ethyl adjacent to an activating group) is 1. The van der Waals surface area contributed by atoms with Crippen molar-refractivity contribution in [2.24, 2.45) is 5.10 Å². The number of rotatable bonds is 7. The van der Waals surface area contributed by atoms with E-state index in [2.05, 4.69) is 62.1 Å². The van der Waals surface area contributed by atoms with Crippen LogP contribution in [0.2, 0.25) is 0 Å². The Kier molecular flexibility index (Phi) is 6.10. The number of carboxylic acid groups (broad SMARTS) is 1. The van der Waals surface area contributed by atoms with E-state index in [0.717, 1.165) is 16.9 Å². The summed E-state index contributed by atoms with van der Waals surface area (Å²) < 4.78 is 6.08. The SMILES string of the molecule is CN1NNN=C1[C@@H](CC(=O)O)c1ccc(OCc2ccc3c(c2)C(C)(C)CCC3(C)C)cc1. The predicted octanol–water partition coefficient (Wildman–Crippen LogP) is 4.44. The second-order valence-corrected chi connectivity index (χ2v) is 10.4. The number of carboxylic acids is 1. The van der Waals surface area contributed by atoms with E-state index in [0.29, 0.717) is 12.4 Å². The molecule has 1 heterocycles. The van der Waals surface area contributed by atoms with Gasteiger partial charge < -0.3 is 9.84 Å². The van der Waals surface area contributed by atoms with Crippen molar-refractivity contribution in [3.63, 3.8) is 0 Å². The first-order valence-corrected chi connectivity index (χ1v) is 11.5. The molecule has 0 fully saturated rings. The standard InChI is InChI=1S/C26H34N4O3/c1-25(2)12-13-26(3,4)22-14-17(6-11-21(22)25)16-33-19-9-7-18(8-10-19)20(15-23(31)32)24-27-28-29-30(24)5/h6-11,14,20,28-29H,12-13,15-16H2,1-5H3,(H,31,32)/t20-/m0/s1. The van der Waals surface area contributed by atoms with Crippen LogP contribution in [-0.4, -0.2) is 29.0 Å². The van der Waals surface area contributed by atoms with Crippen molar-refractivity contribution in [2.45, 2.75) is 70.3 Å². The number of nitrogens with one attached hydrogen (secondary N) is 2. The predicted molar refractivity (Wildman–Crippen MR) is 129 cm³/mol. The summed E-state index contributed by atoms with van der Waals surface area (Å²) in [4.78, 5) is 11.4. The van der Waals surface area contributed by atoms with Gasteiger partial charge in [0.1, 0.15) is 18.2 Å². The maximum atomic E-state index is 11.4. The van der Waals surface area contributed by atoms with Crippen LogP contribution in [0.25, 0.3) is 0 Å². The molecule has 2 aliphatic rings. The summed E-state index contributed by atoms with van der Waals surface area (Å²) in [5, 5.41) is 15.3. The van der Waals surface area contributed by atoms with Gasteiger partial charge in [-0.2, -0.15) is 0 Å². The fourth-order valence-electron chi connectivity index (χ4n) is 4.82. The summed E-state index contributed by atoms with van der Waals surface area (Å²) in [6.07, 6.45) is 2.34. The Bertz CT molecular complexity index is 1060. The van der Waals surface area contributed by atoms with Gasteiger partial charge in [0.25, 0.3) is 0 Å². The third-order valence-electron chi connectivity index (χ3n) is 7.03. The van der Waals surface area contributed by atoms with Crippen LogP contribution < -0.4 is 15.8 Å². The van der Waals surface area contributed by atoms with Gasteiger partial charge in [-0.25, -0.2) is 5.53 Å². The number of benzene rings is 2. The molecule has 0 radical (unpaired) electrons. The van der Waals surface area contributed by atoms with Crippen LogP contribution in [0.5, 0.6) is 5.75 Å².